The van der Waals surface area contributed by atoms with Crippen molar-refractivity contribution in [1.82, 2.24) is 25.2 Å². The summed E-state index contributed by atoms with van der Waals surface area (Å²) < 4.78 is 12.4. The summed E-state index contributed by atoms with van der Waals surface area (Å²) in [6.45, 7) is 6.09. The van der Waals surface area contributed by atoms with Crippen molar-refractivity contribution >= 4 is 5.91 Å². The van der Waals surface area contributed by atoms with E-state index in [1.807, 2.05) is 45.0 Å². The average Bonchev–Trinajstić information content (AvgIpc) is 3.26. The van der Waals surface area contributed by atoms with E-state index in [1.165, 1.54) is 0 Å². The Morgan fingerprint density at radius 3 is 2.81 bits per heavy atom. The first-order valence-electron chi connectivity index (χ1n) is 8.27. The number of nitrogens with zero attached hydrogens (tertiary/aromatic N) is 4. The lowest BCUT2D eigenvalue weighted by molar-refractivity contribution is 0.0938. The van der Waals surface area contributed by atoms with Gasteiger partial charge in [0.25, 0.3) is 5.91 Å². The van der Waals surface area contributed by atoms with Crippen LogP contribution in [0.3, 0.4) is 0 Å². The van der Waals surface area contributed by atoms with Gasteiger partial charge in [-0.05, 0) is 32.9 Å². The zero-order valence-corrected chi connectivity index (χ0v) is 15.2. The zero-order chi connectivity index (χ0) is 18.7. The van der Waals surface area contributed by atoms with E-state index in [1.54, 1.807) is 17.9 Å². The van der Waals surface area contributed by atoms with Crippen molar-refractivity contribution in [3.05, 3.63) is 47.7 Å². The SMILES string of the molecule is COc1ccccc1-c1cc(C(=O)NCC(C)n2nc(C)nc2C)no1. The third-order valence-electron chi connectivity index (χ3n) is 4.00. The number of carbonyl (C=O) groups is 1. The van der Waals surface area contributed by atoms with E-state index in [0.29, 0.717) is 23.9 Å². The first kappa shape index (κ1) is 17.7. The lowest BCUT2D eigenvalue weighted by Gasteiger charge is -2.13. The lowest BCUT2D eigenvalue weighted by Crippen LogP contribution is -2.30. The lowest BCUT2D eigenvalue weighted by atomic mass is 10.1. The molecule has 0 spiro atoms. The maximum absolute atomic E-state index is 12.4. The third-order valence-corrected chi connectivity index (χ3v) is 4.00. The standard InChI is InChI=1S/C18H21N5O3/c1-11(23-13(3)20-12(2)21-23)10-19-18(24)15-9-17(26-22-15)14-7-5-6-8-16(14)25-4/h5-9,11H,10H2,1-4H3,(H,19,24). The van der Waals surface area contributed by atoms with Crippen LogP contribution in [-0.4, -0.2) is 39.5 Å². The first-order valence-corrected chi connectivity index (χ1v) is 8.27. The first-order chi connectivity index (χ1) is 12.5. The Morgan fingerprint density at radius 2 is 2.12 bits per heavy atom. The highest BCUT2D eigenvalue weighted by Gasteiger charge is 2.17. The van der Waals surface area contributed by atoms with Gasteiger partial charge in [-0.3, -0.25) is 4.79 Å². The second-order valence-electron chi connectivity index (χ2n) is 5.99. The summed E-state index contributed by atoms with van der Waals surface area (Å²) in [5, 5.41) is 11.0. The van der Waals surface area contributed by atoms with Crippen molar-refractivity contribution in [1.29, 1.82) is 0 Å². The molecule has 0 fully saturated rings. The summed E-state index contributed by atoms with van der Waals surface area (Å²) in [4.78, 5) is 16.6. The van der Waals surface area contributed by atoms with E-state index in [9.17, 15) is 4.79 Å². The number of aromatic nitrogens is 4. The van der Waals surface area contributed by atoms with Crippen LogP contribution in [-0.2, 0) is 0 Å². The molecule has 0 aliphatic heterocycles. The molecule has 0 bridgehead atoms. The van der Waals surface area contributed by atoms with Gasteiger partial charge in [0.1, 0.15) is 17.4 Å². The summed E-state index contributed by atoms with van der Waals surface area (Å²) in [7, 11) is 1.58. The predicted octanol–water partition coefficient (Wildman–Crippen LogP) is 2.55. The van der Waals surface area contributed by atoms with Crippen LogP contribution in [0.4, 0.5) is 0 Å². The normalized spacial score (nSPS) is 12.0. The number of ether oxygens (including phenoxy) is 1. The average molecular weight is 355 g/mol. The molecule has 1 atom stereocenters. The smallest absolute Gasteiger partial charge is 0.273 e. The van der Waals surface area contributed by atoms with Crippen LogP contribution in [0.2, 0.25) is 0 Å². The predicted molar refractivity (Wildman–Crippen MR) is 95.0 cm³/mol. The number of benzene rings is 1. The van der Waals surface area contributed by atoms with Gasteiger partial charge in [0, 0.05) is 12.6 Å². The Morgan fingerprint density at radius 1 is 1.35 bits per heavy atom. The molecule has 2 aromatic heterocycles. The summed E-state index contributed by atoms with van der Waals surface area (Å²) in [5.74, 6) is 2.34. The van der Waals surface area contributed by atoms with Gasteiger partial charge in [0.15, 0.2) is 11.5 Å². The van der Waals surface area contributed by atoms with Gasteiger partial charge in [-0.1, -0.05) is 17.3 Å². The van der Waals surface area contributed by atoms with E-state index >= 15 is 0 Å². The van der Waals surface area contributed by atoms with Crippen LogP contribution in [0.1, 0.15) is 35.1 Å². The fourth-order valence-electron chi connectivity index (χ4n) is 2.73. The molecule has 0 saturated heterocycles. The summed E-state index contributed by atoms with van der Waals surface area (Å²) in [6.07, 6.45) is 0. The Bertz CT molecular complexity index is 915. The van der Waals surface area contributed by atoms with Crippen LogP contribution in [0.15, 0.2) is 34.9 Å². The Labute approximate surface area is 151 Å². The molecule has 1 amide bonds. The fourth-order valence-corrected chi connectivity index (χ4v) is 2.73. The highest BCUT2D eigenvalue weighted by Crippen LogP contribution is 2.29. The summed E-state index contributed by atoms with van der Waals surface area (Å²) in [5.41, 5.74) is 0.952. The second kappa shape index (κ2) is 7.38. The van der Waals surface area contributed by atoms with Gasteiger partial charge in [-0.15, -0.1) is 0 Å². The number of hydrogen-bond donors (Lipinski definition) is 1. The highest BCUT2D eigenvalue weighted by atomic mass is 16.5. The second-order valence-corrected chi connectivity index (χ2v) is 5.99. The maximum Gasteiger partial charge on any atom is 0.273 e. The molecule has 1 aromatic carbocycles. The molecule has 3 rings (SSSR count). The van der Waals surface area contributed by atoms with Crippen molar-refractivity contribution in [2.45, 2.75) is 26.8 Å². The molecule has 1 unspecified atom stereocenters. The fraction of sp³-hybridized carbons (Fsp3) is 0.333. The van der Waals surface area contributed by atoms with Gasteiger partial charge < -0.3 is 14.6 Å². The maximum atomic E-state index is 12.4. The zero-order valence-electron chi connectivity index (χ0n) is 15.2. The molecule has 3 aromatic rings. The Balaban J connectivity index is 1.68. The van der Waals surface area contributed by atoms with Crippen LogP contribution in [0, 0.1) is 13.8 Å². The molecule has 0 radical (unpaired) electrons. The topological polar surface area (TPSA) is 95.1 Å². The Hall–Kier alpha value is -3.16. The number of methoxy groups -OCH3 is 1. The van der Waals surface area contributed by atoms with Gasteiger partial charge in [0.2, 0.25) is 0 Å². The van der Waals surface area contributed by atoms with Crippen molar-refractivity contribution in [2.75, 3.05) is 13.7 Å². The van der Waals surface area contributed by atoms with Gasteiger partial charge >= 0.3 is 0 Å². The molecule has 136 valence electrons. The van der Waals surface area contributed by atoms with Crippen LogP contribution >= 0.6 is 0 Å². The van der Waals surface area contributed by atoms with Crippen LogP contribution < -0.4 is 10.1 Å². The van der Waals surface area contributed by atoms with Crippen molar-refractivity contribution in [3.63, 3.8) is 0 Å². The number of para-hydroxylation sites is 1. The van der Waals surface area contributed by atoms with E-state index in [2.05, 4.69) is 20.6 Å². The molecular weight excluding hydrogens is 334 g/mol. The molecule has 26 heavy (non-hydrogen) atoms. The molecular formula is C18H21N5O3. The molecule has 8 nitrogen and oxygen atoms in total. The number of carbonyl (C=O) groups excluding carboxylic acids is 1. The molecule has 0 aliphatic carbocycles. The summed E-state index contributed by atoms with van der Waals surface area (Å²) >= 11 is 0. The number of nitrogens with one attached hydrogen (secondary N) is 1. The monoisotopic (exact) mass is 355 g/mol. The van der Waals surface area contributed by atoms with Crippen LogP contribution in [0.5, 0.6) is 5.75 Å². The molecule has 2 heterocycles. The van der Waals surface area contributed by atoms with E-state index in [0.717, 1.165) is 11.4 Å². The number of aryl methyl sites for hydroxylation is 2. The van der Waals surface area contributed by atoms with E-state index in [4.69, 9.17) is 9.26 Å². The molecule has 8 heteroatoms. The number of rotatable bonds is 6. The quantitative estimate of drug-likeness (QED) is 0.730. The van der Waals surface area contributed by atoms with Gasteiger partial charge in [-0.25, -0.2) is 9.67 Å². The third kappa shape index (κ3) is 3.58. The highest BCUT2D eigenvalue weighted by molar-refractivity contribution is 5.93. The minimum Gasteiger partial charge on any atom is -0.496 e. The molecule has 0 aliphatic rings. The molecule has 0 saturated carbocycles. The minimum absolute atomic E-state index is 0.0271. The van der Waals surface area contributed by atoms with E-state index < -0.39 is 0 Å². The van der Waals surface area contributed by atoms with Gasteiger partial charge in [0.05, 0.1) is 18.7 Å². The van der Waals surface area contributed by atoms with Crippen LogP contribution in [0.25, 0.3) is 11.3 Å². The van der Waals surface area contributed by atoms with Gasteiger partial charge in [-0.2, -0.15) is 5.10 Å². The van der Waals surface area contributed by atoms with Crippen molar-refractivity contribution in [2.24, 2.45) is 0 Å². The Kier molecular flexibility index (Phi) is 5.01. The van der Waals surface area contributed by atoms with Crippen molar-refractivity contribution in [3.8, 4) is 17.1 Å². The van der Waals surface area contributed by atoms with Crippen molar-refractivity contribution < 1.29 is 14.1 Å². The number of hydrogen-bond acceptors (Lipinski definition) is 6. The van der Waals surface area contributed by atoms with E-state index in [-0.39, 0.29) is 17.6 Å². The minimum atomic E-state index is -0.309. The largest absolute Gasteiger partial charge is 0.496 e. The number of amides is 1. The molecule has 1 N–H and O–H groups in total. The summed E-state index contributed by atoms with van der Waals surface area (Å²) in [6, 6.07) is 8.97.